The van der Waals surface area contributed by atoms with Crippen LogP contribution in [0.25, 0.3) is 0 Å². The second-order valence-corrected chi connectivity index (χ2v) is 7.68. The van der Waals surface area contributed by atoms with E-state index in [9.17, 15) is 8.42 Å². The summed E-state index contributed by atoms with van der Waals surface area (Å²) in [4.78, 5) is 2.27. The van der Waals surface area contributed by atoms with Crippen LogP contribution >= 0.6 is 0 Å². The quantitative estimate of drug-likeness (QED) is 0.762. The molecule has 5 nitrogen and oxygen atoms in total. The van der Waals surface area contributed by atoms with Crippen LogP contribution in [0.2, 0.25) is 0 Å². The molecule has 1 aromatic carbocycles. The molecular weight excluding hydrogens is 286 g/mol. The van der Waals surface area contributed by atoms with Crippen molar-refractivity contribution in [1.29, 1.82) is 0 Å². The van der Waals surface area contributed by atoms with E-state index < -0.39 is 10.0 Å². The highest BCUT2D eigenvalue weighted by atomic mass is 32.2. The van der Waals surface area contributed by atoms with E-state index in [1.165, 1.54) is 0 Å². The smallest absolute Gasteiger partial charge is 0.240 e. The Morgan fingerprint density at radius 3 is 2.43 bits per heavy atom. The van der Waals surface area contributed by atoms with Gasteiger partial charge >= 0.3 is 0 Å². The first-order valence-corrected chi connectivity index (χ1v) is 8.68. The fourth-order valence-electron chi connectivity index (χ4n) is 2.06. The van der Waals surface area contributed by atoms with E-state index in [-0.39, 0.29) is 6.04 Å². The van der Waals surface area contributed by atoms with E-state index >= 15 is 0 Å². The van der Waals surface area contributed by atoms with Crippen molar-refractivity contribution in [3.05, 3.63) is 29.8 Å². The maximum Gasteiger partial charge on any atom is 0.240 e. The number of benzene rings is 1. The molecule has 0 aliphatic heterocycles. The summed E-state index contributed by atoms with van der Waals surface area (Å²) in [5.74, 6) is 0. The van der Waals surface area contributed by atoms with Crippen molar-refractivity contribution in [3.8, 4) is 0 Å². The summed E-state index contributed by atoms with van der Waals surface area (Å²) in [6, 6.07) is 7.29. The highest BCUT2D eigenvalue weighted by Crippen LogP contribution is 2.12. The fourth-order valence-corrected chi connectivity index (χ4v) is 3.37. The minimum atomic E-state index is -3.47. The molecule has 0 aliphatic carbocycles. The van der Waals surface area contributed by atoms with Gasteiger partial charge in [0.1, 0.15) is 0 Å². The average molecular weight is 313 g/mol. The topological polar surface area (TPSA) is 61.4 Å². The molecule has 0 radical (unpaired) electrons. The zero-order valence-electron chi connectivity index (χ0n) is 13.6. The second kappa shape index (κ2) is 7.89. The van der Waals surface area contributed by atoms with Gasteiger partial charge in [0.25, 0.3) is 0 Å². The monoisotopic (exact) mass is 313 g/mol. The first-order valence-electron chi connectivity index (χ1n) is 7.20. The van der Waals surface area contributed by atoms with Gasteiger partial charge in [-0.05, 0) is 38.7 Å². The molecule has 2 N–H and O–H groups in total. The molecule has 1 rings (SSSR count). The molecule has 0 bridgehead atoms. The predicted molar refractivity (Wildman–Crippen MR) is 86.8 cm³/mol. The molecule has 6 heteroatoms. The maximum atomic E-state index is 12.4. The summed E-state index contributed by atoms with van der Waals surface area (Å²) < 4.78 is 27.4. The third-order valence-corrected chi connectivity index (χ3v) is 4.51. The Morgan fingerprint density at radius 1 is 1.19 bits per heavy atom. The molecule has 1 aromatic rings. The molecule has 1 unspecified atom stereocenters. The fraction of sp³-hybridized carbons (Fsp3) is 0.600. The molecule has 0 spiro atoms. The molecule has 0 fully saturated rings. The molecule has 0 aromatic heterocycles. The van der Waals surface area contributed by atoms with Gasteiger partial charge in [0.05, 0.1) is 4.90 Å². The Labute approximate surface area is 128 Å². The number of nitrogens with zero attached hydrogens (tertiary/aromatic N) is 1. The van der Waals surface area contributed by atoms with E-state index in [0.717, 1.165) is 5.56 Å². The Kier molecular flexibility index (Phi) is 6.80. The number of nitrogens with one attached hydrogen (secondary N) is 2. The number of hydrogen-bond acceptors (Lipinski definition) is 4. The standard InChI is InChI=1S/C15H27N3O2S/c1-12(2)16-10-14-7-6-8-15(9-14)21(19,20)17-13(3)11-18(4)5/h6-9,12-13,16-17H,10-11H2,1-5H3. The summed E-state index contributed by atoms with van der Waals surface area (Å²) in [5.41, 5.74) is 0.965. The molecule has 0 aliphatic rings. The molecule has 0 amide bonds. The molecular formula is C15H27N3O2S. The molecule has 0 saturated heterocycles. The Morgan fingerprint density at radius 2 is 1.86 bits per heavy atom. The molecule has 0 saturated carbocycles. The van der Waals surface area contributed by atoms with Crippen LogP contribution in [0.15, 0.2) is 29.2 Å². The van der Waals surface area contributed by atoms with E-state index in [1.807, 2.05) is 32.0 Å². The van der Waals surface area contributed by atoms with Gasteiger partial charge in [0.2, 0.25) is 10.0 Å². The van der Waals surface area contributed by atoms with Gasteiger partial charge in [-0.1, -0.05) is 26.0 Å². The minimum absolute atomic E-state index is 0.137. The van der Waals surface area contributed by atoms with Crippen LogP contribution in [0.4, 0.5) is 0 Å². The molecule has 21 heavy (non-hydrogen) atoms. The van der Waals surface area contributed by atoms with Crippen molar-refractivity contribution in [2.24, 2.45) is 0 Å². The van der Waals surface area contributed by atoms with Crippen molar-refractivity contribution in [1.82, 2.24) is 14.9 Å². The first-order chi connectivity index (χ1) is 9.70. The SMILES string of the molecule is CC(C)NCc1cccc(S(=O)(=O)NC(C)CN(C)C)c1. The summed E-state index contributed by atoms with van der Waals surface area (Å²) in [6.07, 6.45) is 0. The van der Waals surface area contributed by atoms with Gasteiger partial charge in [-0.3, -0.25) is 0 Å². The first kappa shape index (κ1) is 18.1. The van der Waals surface area contributed by atoms with E-state index in [1.54, 1.807) is 18.2 Å². The largest absolute Gasteiger partial charge is 0.310 e. The Balaban J connectivity index is 2.81. The van der Waals surface area contributed by atoms with Crippen LogP contribution in [0.5, 0.6) is 0 Å². The molecule has 0 heterocycles. The zero-order valence-corrected chi connectivity index (χ0v) is 14.4. The number of sulfonamides is 1. The van der Waals surface area contributed by atoms with Crippen LogP contribution in [-0.2, 0) is 16.6 Å². The van der Waals surface area contributed by atoms with Crippen molar-refractivity contribution in [2.45, 2.75) is 44.3 Å². The lowest BCUT2D eigenvalue weighted by atomic mass is 10.2. The highest BCUT2D eigenvalue weighted by Gasteiger charge is 2.18. The summed E-state index contributed by atoms with van der Waals surface area (Å²) >= 11 is 0. The van der Waals surface area contributed by atoms with E-state index in [0.29, 0.717) is 24.0 Å². The van der Waals surface area contributed by atoms with E-state index in [4.69, 9.17) is 0 Å². The van der Waals surface area contributed by atoms with Gasteiger partial charge in [-0.15, -0.1) is 0 Å². The van der Waals surface area contributed by atoms with Crippen LogP contribution in [0.3, 0.4) is 0 Å². The van der Waals surface area contributed by atoms with Crippen LogP contribution in [0.1, 0.15) is 26.3 Å². The number of rotatable bonds is 8. The highest BCUT2D eigenvalue weighted by molar-refractivity contribution is 7.89. The Hall–Kier alpha value is -0.950. The lowest BCUT2D eigenvalue weighted by Crippen LogP contribution is -2.39. The van der Waals surface area contributed by atoms with Crippen LogP contribution in [0, 0.1) is 0 Å². The van der Waals surface area contributed by atoms with Crippen molar-refractivity contribution in [2.75, 3.05) is 20.6 Å². The molecule has 120 valence electrons. The number of hydrogen-bond donors (Lipinski definition) is 2. The summed E-state index contributed by atoms with van der Waals surface area (Å²) in [7, 11) is 0.369. The van der Waals surface area contributed by atoms with Crippen molar-refractivity contribution in [3.63, 3.8) is 0 Å². The van der Waals surface area contributed by atoms with Crippen LogP contribution < -0.4 is 10.0 Å². The summed E-state index contributed by atoms with van der Waals surface area (Å²) in [6.45, 7) is 7.31. The van der Waals surface area contributed by atoms with Gasteiger partial charge in [-0.25, -0.2) is 13.1 Å². The third-order valence-electron chi connectivity index (χ3n) is 2.92. The molecule has 1 atom stereocenters. The lowest BCUT2D eigenvalue weighted by molar-refractivity contribution is 0.370. The average Bonchev–Trinajstić information content (AvgIpc) is 2.35. The second-order valence-electron chi connectivity index (χ2n) is 5.97. The lowest BCUT2D eigenvalue weighted by Gasteiger charge is -2.18. The predicted octanol–water partition coefficient (Wildman–Crippen LogP) is 1.41. The maximum absolute atomic E-state index is 12.4. The van der Waals surface area contributed by atoms with Gasteiger partial charge in [0, 0.05) is 25.2 Å². The Bertz CT molecular complexity index is 542. The van der Waals surface area contributed by atoms with Crippen LogP contribution in [-0.4, -0.2) is 46.0 Å². The van der Waals surface area contributed by atoms with Crippen molar-refractivity contribution < 1.29 is 8.42 Å². The van der Waals surface area contributed by atoms with Gasteiger partial charge in [0.15, 0.2) is 0 Å². The normalized spacial score (nSPS) is 13.9. The summed E-state index contributed by atoms with van der Waals surface area (Å²) in [5, 5.41) is 3.29. The van der Waals surface area contributed by atoms with Gasteiger partial charge < -0.3 is 10.2 Å². The number of likely N-dealkylation sites (N-methyl/N-ethyl adjacent to an activating group) is 1. The van der Waals surface area contributed by atoms with E-state index in [2.05, 4.69) is 23.9 Å². The zero-order chi connectivity index (χ0) is 16.0. The third kappa shape index (κ3) is 6.56. The minimum Gasteiger partial charge on any atom is -0.310 e. The van der Waals surface area contributed by atoms with Gasteiger partial charge in [-0.2, -0.15) is 0 Å². The van der Waals surface area contributed by atoms with Crippen molar-refractivity contribution >= 4 is 10.0 Å².